The van der Waals surface area contributed by atoms with Gasteiger partial charge in [-0.15, -0.1) is 0 Å². The Kier molecular flexibility index (Phi) is 37.7. The van der Waals surface area contributed by atoms with Gasteiger partial charge >= 0.3 is 0 Å². The molecule has 0 aromatic heterocycles. The van der Waals surface area contributed by atoms with E-state index in [0.717, 1.165) is 44.9 Å². The van der Waals surface area contributed by atoms with E-state index < -0.39 is 61.5 Å². The molecule has 7 N–H and O–H groups in total. The number of hydrogen-bond donors (Lipinski definition) is 7. The van der Waals surface area contributed by atoms with Gasteiger partial charge in [-0.3, -0.25) is 4.79 Å². The van der Waals surface area contributed by atoms with Crippen LogP contribution in [0.25, 0.3) is 0 Å². The first-order valence-electron chi connectivity index (χ1n) is 24.8. The zero-order valence-corrected chi connectivity index (χ0v) is 38.3. The zero-order valence-electron chi connectivity index (χ0n) is 38.3. The van der Waals surface area contributed by atoms with E-state index >= 15 is 0 Å². The Morgan fingerprint density at radius 1 is 0.567 bits per heavy atom. The van der Waals surface area contributed by atoms with Crippen LogP contribution in [0.3, 0.4) is 0 Å². The number of rotatable bonds is 41. The molecule has 1 amide bonds. The summed E-state index contributed by atoms with van der Waals surface area (Å²) in [5, 5.41) is 64.7. The van der Waals surface area contributed by atoms with E-state index in [1.165, 1.54) is 135 Å². The Bertz CT molecular complexity index is 1050. The average Bonchev–Trinajstić information content (AvgIpc) is 3.25. The van der Waals surface area contributed by atoms with Crippen LogP contribution in [0.1, 0.15) is 213 Å². The van der Waals surface area contributed by atoms with E-state index in [4.69, 9.17) is 9.47 Å². The predicted molar refractivity (Wildman–Crippen MR) is 246 cm³/mol. The highest BCUT2D eigenvalue weighted by atomic mass is 16.7. The van der Waals surface area contributed by atoms with Crippen LogP contribution in [0.5, 0.6) is 0 Å². The number of nitrogens with one attached hydrogen (secondary N) is 1. The van der Waals surface area contributed by atoms with Gasteiger partial charge in [0.1, 0.15) is 30.5 Å². The molecule has 0 aromatic carbocycles. The molecule has 60 heavy (non-hydrogen) atoms. The fourth-order valence-electron chi connectivity index (χ4n) is 7.72. The van der Waals surface area contributed by atoms with Crippen LogP contribution in [0.15, 0.2) is 36.5 Å². The summed E-state index contributed by atoms with van der Waals surface area (Å²) in [6.45, 7) is 3.56. The summed E-state index contributed by atoms with van der Waals surface area (Å²) in [7, 11) is 0. The van der Waals surface area contributed by atoms with Crippen LogP contribution >= 0.6 is 0 Å². The molecular formula is C50H93NO9. The molecule has 8 unspecified atom stereocenters. The molecule has 0 spiro atoms. The lowest BCUT2D eigenvalue weighted by Gasteiger charge is -2.40. The number of carbonyl (C=O) groups is 1. The molecule has 10 nitrogen and oxygen atoms in total. The summed E-state index contributed by atoms with van der Waals surface area (Å²) in [5.74, 6) is -0.629. The summed E-state index contributed by atoms with van der Waals surface area (Å²) >= 11 is 0. The Morgan fingerprint density at radius 3 is 1.45 bits per heavy atom. The first-order valence-corrected chi connectivity index (χ1v) is 24.8. The quantitative estimate of drug-likeness (QED) is 0.0234. The highest BCUT2D eigenvalue weighted by Gasteiger charge is 2.44. The van der Waals surface area contributed by atoms with Gasteiger partial charge < -0.3 is 45.4 Å². The van der Waals surface area contributed by atoms with E-state index in [9.17, 15) is 35.4 Å². The molecule has 10 heteroatoms. The van der Waals surface area contributed by atoms with Crippen molar-refractivity contribution < 1.29 is 44.9 Å². The third kappa shape index (κ3) is 29.6. The number of carbonyl (C=O) groups excluding carboxylic acids is 1. The van der Waals surface area contributed by atoms with Gasteiger partial charge in [-0.2, -0.15) is 0 Å². The third-order valence-corrected chi connectivity index (χ3v) is 11.8. The van der Waals surface area contributed by atoms with Crippen LogP contribution < -0.4 is 5.32 Å². The van der Waals surface area contributed by atoms with Crippen molar-refractivity contribution in [1.29, 1.82) is 0 Å². The number of hydrogen-bond acceptors (Lipinski definition) is 9. The summed E-state index contributed by atoms with van der Waals surface area (Å²) in [6.07, 6.45) is 39.6. The van der Waals surface area contributed by atoms with Crippen LogP contribution in [-0.2, 0) is 14.3 Å². The minimum absolute atomic E-state index is 0.304. The third-order valence-electron chi connectivity index (χ3n) is 11.8. The Balaban J connectivity index is 2.33. The van der Waals surface area contributed by atoms with Gasteiger partial charge in [0, 0.05) is 0 Å². The molecule has 1 aliphatic heterocycles. The number of allylic oxidation sites excluding steroid dienone is 5. The summed E-state index contributed by atoms with van der Waals surface area (Å²) in [5.41, 5.74) is 0. The topological polar surface area (TPSA) is 169 Å². The maximum absolute atomic E-state index is 13.1. The number of unbranched alkanes of at least 4 members (excludes halogenated alkanes) is 26. The monoisotopic (exact) mass is 852 g/mol. The number of ether oxygens (including phenoxy) is 2. The molecule has 8 atom stereocenters. The van der Waals surface area contributed by atoms with E-state index in [1.807, 2.05) is 6.08 Å². The lowest BCUT2D eigenvalue weighted by atomic mass is 9.99. The number of aliphatic hydroxyl groups is 6. The summed E-state index contributed by atoms with van der Waals surface area (Å²) in [4.78, 5) is 13.1. The van der Waals surface area contributed by atoms with Gasteiger partial charge in [-0.05, 0) is 44.9 Å². The minimum atomic E-state index is -1.62. The van der Waals surface area contributed by atoms with E-state index in [-0.39, 0.29) is 6.61 Å². The summed E-state index contributed by atoms with van der Waals surface area (Å²) < 4.78 is 11.1. The second-order valence-corrected chi connectivity index (χ2v) is 17.4. The number of aliphatic hydroxyl groups excluding tert-OH is 6. The molecular weight excluding hydrogens is 759 g/mol. The van der Waals surface area contributed by atoms with Crippen molar-refractivity contribution in [2.75, 3.05) is 13.2 Å². The van der Waals surface area contributed by atoms with Gasteiger partial charge in [0.2, 0.25) is 5.91 Å². The van der Waals surface area contributed by atoms with E-state index in [2.05, 4.69) is 43.5 Å². The first-order chi connectivity index (χ1) is 29.3. The van der Waals surface area contributed by atoms with Crippen LogP contribution in [-0.4, -0.2) is 98.7 Å². The first kappa shape index (κ1) is 56.4. The maximum Gasteiger partial charge on any atom is 0.249 e. The molecule has 0 radical (unpaired) electrons. The highest BCUT2D eigenvalue weighted by molar-refractivity contribution is 5.80. The molecule has 0 aromatic rings. The number of amides is 1. The lowest BCUT2D eigenvalue weighted by molar-refractivity contribution is -0.302. The molecule has 0 bridgehead atoms. The van der Waals surface area contributed by atoms with Gasteiger partial charge in [0.05, 0.1) is 25.4 Å². The van der Waals surface area contributed by atoms with Gasteiger partial charge in [-0.25, -0.2) is 0 Å². The van der Waals surface area contributed by atoms with Crippen molar-refractivity contribution in [2.24, 2.45) is 0 Å². The van der Waals surface area contributed by atoms with Crippen molar-refractivity contribution in [3.63, 3.8) is 0 Å². The van der Waals surface area contributed by atoms with Crippen LogP contribution in [0.4, 0.5) is 0 Å². The Hall–Kier alpha value is -1.63. The van der Waals surface area contributed by atoms with Crippen LogP contribution in [0, 0.1) is 0 Å². The van der Waals surface area contributed by atoms with Gasteiger partial charge in [0.15, 0.2) is 6.29 Å². The Labute approximate surface area is 366 Å². The lowest BCUT2D eigenvalue weighted by Crippen LogP contribution is -2.60. The van der Waals surface area contributed by atoms with Crippen molar-refractivity contribution in [3.8, 4) is 0 Å². The normalized spacial score (nSPS) is 21.4. The van der Waals surface area contributed by atoms with Crippen molar-refractivity contribution in [1.82, 2.24) is 5.32 Å². The van der Waals surface area contributed by atoms with Crippen molar-refractivity contribution in [2.45, 2.75) is 262 Å². The maximum atomic E-state index is 13.1. The fraction of sp³-hybridized carbons (Fsp3) is 0.860. The Morgan fingerprint density at radius 2 is 0.983 bits per heavy atom. The van der Waals surface area contributed by atoms with E-state index in [0.29, 0.717) is 19.3 Å². The smallest absolute Gasteiger partial charge is 0.249 e. The molecule has 1 saturated heterocycles. The zero-order chi connectivity index (χ0) is 43.9. The molecule has 0 saturated carbocycles. The molecule has 1 rings (SSSR count). The molecule has 1 aliphatic rings. The average molecular weight is 852 g/mol. The predicted octanol–water partition coefficient (Wildman–Crippen LogP) is 9.81. The minimum Gasteiger partial charge on any atom is -0.394 e. The van der Waals surface area contributed by atoms with Crippen LogP contribution in [0.2, 0.25) is 0 Å². The van der Waals surface area contributed by atoms with Crippen molar-refractivity contribution in [3.05, 3.63) is 36.5 Å². The van der Waals surface area contributed by atoms with Gasteiger partial charge in [-0.1, -0.05) is 204 Å². The second-order valence-electron chi connectivity index (χ2n) is 17.4. The summed E-state index contributed by atoms with van der Waals surface area (Å²) in [6, 6.07) is -1.00. The molecule has 1 heterocycles. The van der Waals surface area contributed by atoms with E-state index in [1.54, 1.807) is 6.08 Å². The molecule has 0 aliphatic carbocycles. The van der Waals surface area contributed by atoms with Crippen molar-refractivity contribution >= 4 is 5.91 Å². The SMILES string of the molecule is CCCCC/C=C/CC/C=C/CC/C=C/C(O)C(COC1OC(CO)C(O)C(O)C1O)NC(=O)C(O)CCCCCCCCCCCCCCCCCCCCCCCC. The second kappa shape index (κ2) is 40.2. The highest BCUT2D eigenvalue weighted by Crippen LogP contribution is 2.23. The van der Waals surface area contributed by atoms with Gasteiger partial charge in [0.25, 0.3) is 0 Å². The largest absolute Gasteiger partial charge is 0.394 e. The molecule has 352 valence electrons. The molecule has 1 fully saturated rings. The fourth-order valence-corrected chi connectivity index (χ4v) is 7.72. The standard InChI is InChI=1S/C50H93NO9/c1-3-5-7-9-11-13-15-17-18-19-20-21-22-23-24-25-27-29-31-33-35-37-39-44(54)49(58)51-42(41-59-50-48(57)47(56)46(55)45(40-52)60-50)43(53)38-36-34-32-30-28-26-16-14-12-10-8-6-4-2/h12,14,28,30,36,38,42-48,50,52-57H,3-11,13,15-27,29,31-35,37,39-41H2,1-2H3,(H,51,58)/b14-12+,30-28+,38-36+.